The van der Waals surface area contributed by atoms with E-state index < -0.39 is 0 Å². The second kappa shape index (κ2) is 5.44. The van der Waals surface area contributed by atoms with E-state index in [9.17, 15) is 4.79 Å². The first-order valence-corrected chi connectivity index (χ1v) is 9.51. The molecular formula is C19H25N5O. The minimum Gasteiger partial charge on any atom is -0.342 e. The fraction of sp³-hybridized carbons (Fsp3) is 0.632. The van der Waals surface area contributed by atoms with Crippen LogP contribution >= 0.6 is 0 Å². The fourth-order valence-corrected chi connectivity index (χ4v) is 3.86. The van der Waals surface area contributed by atoms with Gasteiger partial charge in [-0.3, -0.25) is 14.6 Å². The number of rotatable bonds is 4. The molecule has 3 heterocycles. The average Bonchev–Trinajstić information content (AvgIpc) is 3.49. The van der Waals surface area contributed by atoms with Crippen LogP contribution < -0.4 is 0 Å². The van der Waals surface area contributed by atoms with Crippen molar-refractivity contribution in [2.75, 3.05) is 13.1 Å². The molecular weight excluding hydrogens is 314 g/mol. The smallest absolute Gasteiger partial charge is 0.228 e. The van der Waals surface area contributed by atoms with Crippen molar-refractivity contribution in [3.63, 3.8) is 0 Å². The van der Waals surface area contributed by atoms with Crippen LogP contribution in [0.3, 0.4) is 0 Å². The van der Waals surface area contributed by atoms with Crippen LogP contribution in [0.15, 0.2) is 12.4 Å². The van der Waals surface area contributed by atoms with Gasteiger partial charge in [-0.2, -0.15) is 10.2 Å². The lowest BCUT2D eigenvalue weighted by molar-refractivity contribution is -0.136. The molecule has 0 radical (unpaired) electrons. The van der Waals surface area contributed by atoms with Crippen LogP contribution in [0.2, 0.25) is 0 Å². The van der Waals surface area contributed by atoms with E-state index in [-0.39, 0.29) is 5.41 Å². The summed E-state index contributed by atoms with van der Waals surface area (Å²) in [6.07, 6.45) is 10.5. The summed E-state index contributed by atoms with van der Waals surface area (Å²) in [7, 11) is 0. The van der Waals surface area contributed by atoms with Crippen molar-refractivity contribution in [3.05, 3.63) is 23.7 Å². The molecule has 0 spiro atoms. The summed E-state index contributed by atoms with van der Waals surface area (Å²) in [4.78, 5) is 14.7. The minimum absolute atomic E-state index is 0.0803. The third-order valence-corrected chi connectivity index (χ3v) is 6.07. The van der Waals surface area contributed by atoms with Gasteiger partial charge in [0.1, 0.15) is 0 Å². The fourth-order valence-electron chi connectivity index (χ4n) is 3.86. The molecule has 2 aliphatic carbocycles. The Labute approximate surface area is 147 Å². The molecule has 1 aliphatic heterocycles. The number of hydrogen-bond donors (Lipinski definition) is 1. The Bertz CT molecular complexity index is 812. The Kier molecular flexibility index (Phi) is 3.30. The third-order valence-electron chi connectivity index (χ3n) is 6.07. The highest BCUT2D eigenvalue weighted by atomic mass is 16.2. The number of amides is 1. The quantitative estimate of drug-likeness (QED) is 0.930. The molecule has 1 N–H and O–H groups in total. The van der Waals surface area contributed by atoms with Gasteiger partial charge in [0.2, 0.25) is 5.91 Å². The van der Waals surface area contributed by atoms with Crippen LogP contribution in [0.5, 0.6) is 0 Å². The zero-order chi connectivity index (χ0) is 17.0. The molecule has 6 nitrogen and oxygen atoms in total. The number of H-pyrrole nitrogens is 1. The highest BCUT2D eigenvalue weighted by molar-refractivity contribution is 5.85. The molecule has 0 atom stereocenters. The summed E-state index contributed by atoms with van der Waals surface area (Å²) in [5.41, 5.74) is 4.47. The van der Waals surface area contributed by atoms with Crippen LogP contribution in [0.1, 0.15) is 43.9 Å². The summed E-state index contributed by atoms with van der Waals surface area (Å²) in [6, 6.07) is 0. The molecule has 0 aromatic carbocycles. The molecule has 25 heavy (non-hydrogen) atoms. The van der Waals surface area contributed by atoms with Crippen LogP contribution in [-0.4, -0.2) is 43.9 Å². The van der Waals surface area contributed by atoms with Gasteiger partial charge in [-0.05, 0) is 38.0 Å². The number of nitrogens with zero attached hydrogens (tertiary/aromatic N) is 4. The number of aromatic nitrogens is 4. The Morgan fingerprint density at radius 2 is 2.12 bits per heavy atom. The topological polar surface area (TPSA) is 66.8 Å². The standard InChI is InChI=1S/C19H25N5O/c1-19(6-7-19)18(25)23-8-4-15-16(5-9-23)21-22-17(15)14-10-20-24(12-14)11-13-2-3-13/h10,12-13H,2-9,11H2,1H3,(H,21,22). The van der Waals surface area contributed by atoms with E-state index >= 15 is 0 Å². The maximum atomic E-state index is 12.7. The highest BCUT2D eigenvalue weighted by Gasteiger charge is 2.47. The van der Waals surface area contributed by atoms with Crippen LogP contribution in [-0.2, 0) is 24.2 Å². The summed E-state index contributed by atoms with van der Waals surface area (Å²) in [5.74, 6) is 1.15. The van der Waals surface area contributed by atoms with Gasteiger partial charge in [0.25, 0.3) is 0 Å². The Morgan fingerprint density at radius 1 is 1.32 bits per heavy atom. The van der Waals surface area contributed by atoms with Gasteiger partial charge in [0.15, 0.2) is 0 Å². The van der Waals surface area contributed by atoms with Crippen molar-refractivity contribution in [3.8, 4) is 11.3 Å². The molecule has 5 rings (SSSR count). The summed E-state index contributed by atoms with van der Waals surface area (Å²) >= 11 is 0. The Morgan fingerprint density at radius 3 is 2.88 bits per heavy atom. The predicted octanol–water partition coefficient (Wildman–Crippen LogP) is 2.41. The largest absolute Gasteiger partial charge is 0.342 e. The van der Waals surface area contributed by atoms with E-state index in [1.54, 1.807) is 0 Å². The summed E-state index contributed by atoms with van der Waals surface area (Å²) in [5, 5.41) is 12.3. The molecule has 2 aromatic rings. The second-order valence-electron chi connectivity index (χ2n) is 8.28. The maximum Gasteiger partial charge on any atom is 0.228 e. The molecule has 2 aromatic heterocycles. The molecule has 0 bridgehead atoms. The van der Waals surface area contributed by atoms with Crippen LogP contribution in [0.4, 0.5) is 0 Å². The number of nitrogens with one attached hydrogen (secondary N) is 1. The van der Waals surface area contributed by atoms with Gasteiger partial charge in [-0.1, -0.05) is 6.92 Å². The van der Waals surface area contributed by atoms with Gasteiger partial charge in [0, 0.05) is 54.5 Å². The van der Waals surface area contributed by atoms with E-state index in [0.29, 0.717) is 5.91 Å². The monoisotopic (exact) mass is 339 g/mol. The summed E-state index contributed by atoms with van der Waals surface area (Å²) < 4.78 is 2.05. The number of fused-ring (bicyclic) bond motifs is 1. The van der Waals surface area contributed by atoms with E-state index in [0.717, 1.165) is 62.5 Å². The third kappa shape index (κ3) is 2.77. The molecule has 3 aliphatic rings. The zero-order valence-corrected chi connectivity index (χ0v) is 14.8. The SMILES string of the molecule is CC1(C(=O)N2CCc3[nH]nc(-c4cnn(CC5CC5)c4)c3CC2)CC1. The van der Waals surface area contributed by atoms with Gasteiger partial charge in [-0.25, -0.2) is 0 Å². The first-order valence-electron chi connectivity index (χ1n) is 9.51. The van der Waals surface area contributed by atoms with Crippen molar-refractivity contribution in [1.29, 1.82) is 0 Å². The van der Waals surface area contributed by atoms with E-state index in [2.05, 4.69) is 38.0 Å². The lowest BCUT2D eigenvalue weighted by Gasteiger charge is -2.23. The van der Waals surface area contributed by atoms with E-state index in [1.165, 1.54) is 24.1 Å². The van der Waals surface area contributed by atoms with Gasteiger partial charge < -0.3 is 4.90 Å². The van der Waals surface area contributed by atoms with Crippen molar-refractivity contribution in [1.82, 2.24) is 24.9 Å². The number of carbonyl (C=O) groups is 1. The van der Waals surface area contributed by atoms with E-state index in [4.69, 9.17) is 0 Å². The second-order valence-corrected chi connectivity index (χ2v) is 8.28. The van der Waals surface area contributed by atoms with Gasteiger partial charge in [0.05, 0.1) is 11.9 Å². The lowest BCUT2D eigenvalue weighted by atomic mass is 10.1. The summed E-state index contributed by atoms with van der Waals surface area (Å²) in [6.45, 7) is 4.71. The normalized spacial score (nSPS) is 21.7. The zero-order valence-electron chi connectivity index (χ0n) is 14.8. The van der Waals surface area contributed by atoms with E-state index in [1.807, 2.05) is 6.20 Å². The first kappa shape index (κ1) is 15.2. The number of hydrogen-bond acceptors (Lipinski definition) is 3. The minimum atomic E-state index is -0.0803. The molecule has 6 heteroatoms. The molecule has 0 unspecified atom stereocenters. The number of carbonyl (C=O) groups excluding carboxylic acids is 1. The van der Waals surface area contributed by atoms with Crippen LogP contribution in [0.25, 0.3) is 11.3 Å². The van der Waals surface area contributed by atoms with Crippen LogP contribution in [0, 0.1) is 11.3 Å². The van der Waals surface area contributed by atoms with Gasteiger partial charge in [-0.15, -0.1) is 0 Å². The highest BCUT2D eigenvalue weighted by Crippen LogP contribution is 2.46. The first-order chi connectivity index (χ1) is 12.1. The molecule has 132 valence electrons. The van der Waals surface area contributed by atoms with Crippen molar-refractivity contribution < 1.29 is 4.79 Å². The van der Waals surface area contributed by atoms with Gasteiger partial charge >= 0.3 is 0 Å². The Balaban J connectivity index is 1.35. The average molecular weight is 339 g/mol. The predicted molar refractivity (Wildman–Crippen MR) is 93.9 cm³/mol. The molecule has 2 fully saturated rings. The lowest BCUT2D eigenvalue weighted by Crippen LogP contribution is -2.38. The van der Waals surface area contributed by atoms with Crippen molar-refractivity contribution in [2.24, 2.45) is 11.3 Å². The molecule has 1 amide bonds. The van der Waals surface area contributed by atoms with Crippen molar-refractivity contribution >= 4 is 5.91 Å². The number of aromatic amines is 1. The van der Waals surface area contributed by atoms with Crippen molar-refractivity contribution in [2.45, 2.75) is 52.0 Å². The maximum absolute atomic E-state index is 12.7. The molecule has 2 saturated carbocycles. The Hall–Kier alpha value is -2.11. The molecule has 0 saturated heterocycles.